The molecule has 0 saturated carbocycles. The summed E-state index contributed by atoms with van der Waals surface area (Å²) in [4.78, 5) is 4.21. The summed E-state index contributed by atoms with van der Waals surface area (Å²) in [5.74, 6) is 3.09. The molecule has 6 nitrogen and oxygen atoms in total. The minimum absolute atomic E-state index is 0.170. The SMILES string of the molecule is COc1cc2c(cc1OC)-c1nnc(-c3cccnc3)n1C(C)(C)C2. The van der Waals surface area contributed by atoms with E-state index in [9.17, 15) is 0 Å². The maximum Gasteiger partial charge on any atom is 0.166 e. The molecule has 4 rings (SSSR count). The van der Waals surface area contributed by atoms with Crippen LogP contribution in [0.2, 0.25) is 0 Å². The third-order valence-corrected chi connectivity index (χ3v) is 4.66. The van der Waals surface area contributed by atoms with Crippen LogP contribution >= 0.6 is 0 Å². The minimum atomic E-state index is -0.170. The number of nitrogens with zero attached hydrogens (tertiary/aromatic N) is 4. The molecule has 0 atom stereocenters. The van der Waals surface area contributed by atoms with Crippen LogP contribution in [0.3, 0.4) is 0 Å². The third-order valence-electron chi connectivity index (χ3n) is 4.66. The van der Waals surface area contributed by atoms with Gasteiger partial charge >= 0.3 is 0 Å². The Balaban J connectivity index is 1.96. The van der Waals surface area contributed by atoms with Gasteiger partial charge in [-0.3, -0.25) is 4.98 Å². The maximum absolute atomic E-state index is 5.47. The number of rotatable bonds is 3. The van der Waals surface area contributed by atoms with Crippen molar-refractivity contribution in [2.24, 2.45) is 0 Å². The number of hydrogen-bond acceptors (Lipinski definition) is 5. The lowest BCUT2D eigenvalue weighted by Crippen LogP contribution is -2.33. The second-order valence-electron chi connectivity index (χ2n) is 6.78. The van der Waals surface area contributed by atoms with E-state index in [0.717, 1.165) is 34.9 Å². The van der Waals surface area contributed by atoms with Crippen molar-refractivity contribution in [1.29, 1.82) is 0 Å². The molecule has 128 valence electrons. The van der Waals surface area contributed by atoms with Gasteiger partial charge in [-0.1, -0.05) is 0 Å². The zero-order chi connectivity index (χ0) is 17.6. The number of pyridine rings is 1. The Morgan fingerprint density at radius 2 is 1.76 bits per heavy atom. The largest absolute Gasteiger partial charge is 0.493 e. The summed E-state index contributed by atoms with van der Waals surface area (Å²) >= 11 is 0. The van der Waals surface area contributed by atoms with Crippen molar-refractivity contribution in [3.05, 3.63) is 42.2 Å². The first-order valence-electron chi connectivity index (χ1n) is 8.17. The smallest absolute Gasteiger partial charge is 0.166 e. The molecule has 1 aromatic carbocycles. The Hall–Kier alpha value is -2.89. The summed E-state index contributed by atoms with van der Waals surface area (Å²) < 4.78 is 13.1. The highest BCUT2D eigenvalue weighted by Gasteiger charge is 2.35. The van der Waals surface area contributed by atoms with Gasteiger partial charge in [0.1, 0.15) is 0 Å². The first kappa shape index (κ1) is 15.6. The fourth-order valence-corrected chi connectivity index (χ4v) is 3.53. The summed E-state index contributed by atoms with van der Waals surface area (Å²) in [6.07, 6.45) is 4.42. The Bertz CT molecular complexity index is 932. The predicted octanol–water partition coefficient (Wildman–Crippen LogP) is 3.32. The second-order valence-corrected chi connectivity index (χ2v) is 6.78. The summed E-state index contributed by atoms with van der Waals surface area (Å²) in [7, 11) is 3.30. The van der Waals surface area contributed by atoms with Crippen molar-refractivity contribution in [2.45, 2.75) is 25.8 Å². The Labute approximate surface area is 146 Å². The molecule has 0 spiro atoms. The van der Waals surface area contributed by atoms with Gasteiger partial charge in [0.25, 0.3) is 0 Å². The first-order chi connectivity index (χ1) is 12.0. The zero-order valence-corrected chi connectivity index (χ0v) is 14.8. The van der Waals surface area contributed by atoms with Gasteiger partial charge in [0.15, 0.2) is 23.1 Å². The van der Waals surface area contributed by atoms with E-state index in [2.05, 4.69) is 33.6 Å². The summed E-state index contributed by atoms with van der Waals surface area (Å²) in [6, 6.07) is 7.94. The number of fused-ring (bicyclic) bond motifs is 3. The third kappa shape index (κ3) is 2.36. The predicted molar refractivity (Wildman–Crippen MR) is 94.8 cm³/mol. The minimum Gasteiger partial charge on any atom is -0.493 e. The summed E-state index contributed by atoms with van der Waals surface area (Å²) in [6.45, 7) is 4.39. The van der Waals surface area contributed by atoms with Crippen LogP contribution in [0, 0.1) is 0 Å². The molecule has 0 bridgehead atoms. The van der Waals surface area contributed by atoms with E-state index in [-0.39, 0.29) is 5.54 Å². The topological polar surface area (TPSA) is 62.1 Å². The molecule has 0 unspecified atom stereocenters. The number of hydrogen-bond donors (Lipinski definition) is 0. The van der Waals surface area contributed by atoms with Crippen molar-refractivity contribution < 1.29 is 9.47 Å². The van der Waals surface area contributed by atoms with Gasteiger partial charge in [-0.15, -0.1) is 10.2 Å². The molecule has 0 radical (unpaired) electrons. The van der Waals surface area contributed by atoms with Crippen LogP contribution in [0.5, 0.6) is 11.5 Å². The van der Waals surface area contributed by atoms with E-state index in [1.165, 1.54) is 5.56 Å². The molecule has 0 N–H and O–H groups in total. The van der Waals surface area contributed by atoms with Crippen molar-refractivity contribution >= 4 is 0 Å². The van der Waals surface area contributed by atoms with Crippen LogP contribution in [-0.4, -0.2) is 34.0 Å². The van der Waals surface area contributed by atoms with Crippen LogP contribution in [0.1, 0.15) is 19.4 Å². The van der Waals surface area contributed by atoms with E-state index in [1.807, 2.05) is 30.5 Å². The molecule has 0 saturated heterocycles. The molecule has 0 amide bonds. The molecule has 1 aliphatic heterocycles. The maximum atomic E-state index is 5.47. The molecular formula is C19H20N4O2. The van der Waals surface area contributed by atoms with E-state index in [4.69, 9.17) is 9.47 Å². The molecule has 1 aliphatic rings. The Kier molecular flexibility index (Phi) is 3.49. The highest BCUT2D eigenvalue weighted by molar-refractivity contribution is 5.71. The molecule has 2 aromatic heterocycles. The number of ether oxygens (including phenoxy) is 2. The van der Waals surface area contributed by atoms with Crippen LogP contribution < -0.4 is 9.47 Å². The molecule has 0 aliphatic carbocycles. The van der Waals surface area contributed by atoms with Gasteiger partial charge in [-0.05, 0) is 50.1 Å². The second kappa shape index (κ2) is 5.58. The van der Waals surface area contributed by atoms with Crippen molar-refractivity contribution in [3.8, 4) is 34.3 Å². The molecule has 0 fully saturated rings. The molecule has 3 heterocycles. The van der Waals surface area contributed by atoms with Gasteiger partial charge < -0.3 is 14.0 Å². The first-order valence-corrected chi connectivity index (χ1v) is 8.17. The Morgan fingerprint density at radius 1 is 1.04 bits per heavy atom. The standard InChI is InChI=1S/C19H20N4O2/c1-19(2)10-13-8-15(24-3)16(25-4)9-14(13)18-22-21-17(23(18)19)12-6-5-7-20-11-12/h5-9,11H,10H2,1-4H3. The van der Waals surface area contributed by atoms with Crippen molar-refractivity contribution in [1.82, 2.24) is 19.7 Å². The highest BCUT2D eigenvalue weighted by Crippen LogP contribution is 2.44. The quantitative estimate of drug-likeness (QED) is 0.734. The lowest BCUT2D eigenvalue weighted by Gasteiger charge is -2.35. The van der Waals surface area contributed by atoms with E-state index in [0.29, 0.717) is 5.75 Å². The Morgan fingerprint density at radius 3 is 2.44 bits per heavy atom. The van der Waals surface area contributed by atoms with E-state index in [1.54, 1.807) is 20.4 Å². The highest BCUT2D eigenvalue weighted by atomic mass is 16.5. The van der Waals surface area contributed by atoms with Gasteiger partial charge in [0.05, 0.1) is 14.2 Å². The lowest BCUT2D eigenvalue weighted by atomic mass is 9.86. The normalized spacial score (nSPS) is 14.6. The van der Waals surface area contributed by atoms with Crippen molar-refractivity contribution in [2.75, 3.05) is 14.2 Å². The number of benzene rings is 1. The van der Waals surface area contributed by atoms with E-state index < -0.39 is 0 Å². The van der Waals surface area contributed by atoms with Crippen molar-refractivity contribution in [3.63, 3.8) is 0 Å². The van der Waals surface area contributed by atoms with Crippen LogP contribution in [0.4, 0.5) is 0 Å². The fraction of sp³-hybridized carbons (Fsp3) is 0.316. The summed E-state index contributed by atoms with van der Waals surface area (Å²) in [5.41, 5.74) is 2.99. The average Bonchev–Trinajstić information content (AvgIpc) is 3.08. The van der Waals surface area contributed by atoms with Gasteiger partial charge in [-0.2, -0.15) is 0 Å². The molecule has 6 heteroatoms. The number of aromatic nitrogens is 4. The average molecular weight is 336 g/mol. The lowest BCUT2D eigenvalue weighted by molar-refractivity contribution is 0.341. The van der Waals surface area contributed by atoms with E-state index >= 15 is 0 Å². The van der Waals surface area contributed by atoms with Crippen LogP contribution in [0.25, 0.3) is 22.8 Å². The van der Waals surface area contributed by atoms with Crippen LogP contribution in [0.15, 0.2) is 36.7 Å². The molecular weight excluding hydrogens is 316 g/mol. The number of methoxy groups -OCH3 is 2. The van der Waals surface area contributed by atoms with Gasteiger partial charge in [0.2, 0.25) is 0 Å². The molecule has 25 heavy (non-hydrogen) atoms. The monoisotopic (exact) mass is 336 g/mol. The fourth-order valence-electron chi connectivity index (χ4n) is 3.53. The van der Waals surface area contributed by atoms with Crippen LogP contribution in [-0.2, 0) is 12.0 Å². The summed E-state index contributed by atoms with van der Waals surface area (Å²) in [5, 5.41) is 8.95. The van der Waals surface area contributed by atoms with Gasteiger partial charge in [-0.25, -0.2) is 0 Å². The zero-order valence-electron chi connectivity index (χ0n) is 14.8. The van der Waals surface area contributed by atoms with Gasteiger partial charge in [0, 0.05) is 29.1 Å². The molecule has 3 aromatic rings.